The Hall–Kier alpha value is -2.48. The van der Waals surface area contributed by atoms with E-state index in [1.165, 1.54) is 6.07 Å². The van der Waals surface area contributed by atoms with Crippen molar-refractivity contribution in [2.45, 2.75) is 33.1 Å². The zero-order chi connectivity index (χ0) is 20.0. The van der Waals surface area contributed by atoms with Crippen LogP contribution < -0.4 is 10.0 Å². The Labute approximate surface area is 157 Å². The molecule has 0 radical (unpaired) electrons. The molecule has 2 aromatic carbocycles. The molecule has 27 heavy (non-hydrogen) atoms. The van der Waals surface area contributed by atoms with Crippen molar-refractivity contribution >= 4 is 27.3 Å². The molecule has 2 rings (SSSR count). The molecule has 0 aliphatic rings. The SMILES string of the molecule is CCCS(=O)(=O)Nc1cccc(NC(=O)CCc2ccc(F)c(F)c2)c1C. The first kappa shape index (κ1) is 20.8. The first-order valence-electron chi connectivity index (χ1n) is 8.55. The van der Waals surface area contributed by atoms with Crippen LogP contribution in [-0.2, 0) is 21.2 Å². The highest BCUT2D eigenvalue weighted by Crippen LogP contribution is 2.24. The van der Waals surface area contributed by atoms with Crippen LogP contribution in [0.3, 0.4) is 0 Å². The number of aryl methyl sites for hydroxylation is 1. The van der Waals surface area contributed by atoms with Gasteiger partial charge in [0.1, 0.15) is 0 Å². The minimum atomic E-state index is -3.44. The summed E-state index contributed by atoms with van der Waals surface area (Å²) >= 11 is 0. The fraction of sp³-hybridized carbons (Fsp3) is 0.316. The second-order valence-electron chi connectivity index (χ2n) is 6.20. The number of sulfonamides is 1. The molecule has 5 nitrogen and oxygen atoms in total. The van der Waals surface area contributed by atoms with Crippen LogP contribution in [0.5, 0.6) is 0 Å². The standard InChI is InChI=1S/C19H22F2N2O3S/c1-3-11-27(25,26)23-18-6-4-5-17(13(18)2)22-19(24)10-8-14-7-9-15(20)16(21)12-14/h4-7,9,12,23H,3,8,10-11H2,1-2H3,(H,22,24). The number of rotatable bonds is 8. The minimum Gasteiger partial charge on any atom is -0.326 e. The summed E-state index contributed by atoms with van der Waals surface area (Å²) in [5, 5.41) is 2.72. The van der Waals surface area contributed by atoms with Crippen molar-refractivity contribution in [1.82, 2.24) is 0 Å². The monoisotopic (exact) mass is 396 g/mol. The Kier molecular flexibility index (Phi) is 6.90. The van der Waals surface area contributed by atoms with Crippen molar-refractivity contribution < 1.29 is 22.0 Å². The number of carbonyl (C=O) groups is 1. The molecule has 0 unspecified atom stereocenters. The highest BCUT2D eigenvalue weighted by molar-refractivity contribution is 7.92. The molecule has 1 amide bonds. The van der Waals surface area contributed by atoms with E-state index in [1.807, 2.05) is 0 Å². The molecule has 0 spiro atoms. The Balaban J connectivity index is 2.03. The number of halogens is 2. The van der Waals surface area contributed by atoms with Gasteiger partial charge in [0.05, 0.1) is 11.4 Å². The summed E-state index contributed by atoms with van der Waals surface area (Å²) in [5.74, 6) is -2.18. The fourth-order valence-electron chi connectivity index (χ4n) is 2.53. The van der Waals surface area contributed by atoms with Crippen molar-refractivity contribution in [3.8, 4) is 0 Å². The van der Waals surface area contributed by atoms with Gasteiger partial charge in [0.25, 0.3) is 0 Å². The molecular weight excluding hydrogens is 374 g/mol. The molecule has 0 saturated heterocycles. The van der Waals surface area contributed by atoms with Gasteiger partial charge >= 0.3 is 0 Å². The lowest BCUT2D eigenvalue weighted by Crippen LogP contribution is -2.18. The van der Waals surface area contributed by atoms with Crippen molar-refractivity contribution in [1.29, 1.82) is 0 Å². The summed E-state index contributed by atoms with van der Waals surface area (Å²) in [6.07, 6.45) is 0.829. The summed E-state index contributed by atoms with van der Waals surface area (Å²) in [7, 11) is -3.44. The smallest absolute Gasteiger partial charge is 0.232 e. The van der Waals surface area contributed by atoms with E-state index in [4.69, 9.17) is 0 Å². The third kappa shape index (κ3) is 6.02. The van der Waals surface area contributed by atoms with Gasteiger partial charge in [-0.15, -0.1) is 0 Å². The van der Waals surface area contributed by atoms with Crippen molar-refractivity contribution in [2.75, 3.05) is 15.8 Å². The number of benzene rings is 2. The van der Waals surface area contributed by atoms with Gasteiger partial charge in [-0.25, -0.2) is 17.2 Å². The first-order valence-corrected chi connectivity index (χ1v) is 10.2. The highest BCUT2D eigenvalue weighted by Gasteiger charge is 2.13. The summed E-state index contributed by atoms with van der Waals surface area (Å²) in [5.41, 5.74) is 2.00. The molecule has 0 aliphatic carbocycles. The maximum atomic E-state index is 13.2. The van der Waals surface area contributed by atoms with E-state index in [0.717, 1.165) is 12.1 Å². The molecule has 0 bridgehead atoms. The van der Waals surface area contributed by atoms with Crippen LogP contribution >= 0.6 is 0 Å². The molecular formula is C19H22F2N2O3S. The quantitative estimate of drug-likeness (QED) is 0.708. The maximum absolute atomic E-state index is 13.2. The van der Waals surface area contributed by atoms with Crippen LogP contribution in [0.1, 0.15) is 30.9 Å². The van der Waals surface area contributed by atoms with E-state index in [9.17, 15) is 22.0 Å². The molecule has 8 heteroatoms. The van der Waals surface area contributed by atoms with Crippen LogP contribution in [-0.4, -0.2) is 20.1 Å². The van der Waals surface area contributed by atoms with Crippen LogP contribution in [0.25, 0.3) is 0 Å². The number of hydrogen-bond donors (Lipinski definition) is 2. The van der Waals surface area contributed by atoms with E-state index in [-0.39, 0.29) is 24.5 Å². The molecule has 2 N–H and O–H groups in total. The van der Waals surface area contributed by atoms with E-state index < -0.39 is 21.7 Å². The summed E-state index contributed by atoms with van der Waals surface area (Å²) in [4.78, 5) is 12.2. The lowest BCUT2D eigenvalue weighted by molar-refractivity contribution is -0.116. The van der Waals surface area contributed by atoms with Crippen LogP contribution in [0.4, 0.5) is 20.2 Å². The second kappa shape index (κ2) is 8.94. The van der Waals surface area contributed by atoms with E-state index >= 15 is 0 Å². The van der Waals surface area contributed by atoms with Gasteiger partial charge < -0.3 is 5.32 Å². The zero-order valence-corrected chi connectivity index (χ0v) is 16.0. The lowest BCUT2D eigenvalue weighted by atomic mass is 10.1. The number of carbonyl (C=O) groups excluding carboxylic acids is 1. The third-order valence-electron chi connectivity index (χ3n) is 3.97. The fourth-order valence-corrected chi connectivity index (χ4v) is 3.73. The first-order chi connectivity index (χ1) is 12.7. The van der Waals surface area contributed by atoms with Crippen LogP contribution in [0, 0.1) is 18.6 Å². The largest absolute Gasteiger partial charge is 0.326 e. The number of hydrogen-bond acceptors (Lipinski definition) is 3. The topological polar surface area (TPSA) is 75.3 Å². The highest BCUT2D eigenvalue weighted by atomic mass is 32.2. The van der Waals surface area contributed by atoms with Gasteiger partial charge in [-0.1, -0.05) is 19.1 Å². The molecule has 0 saturated carbocycles. The van der Waals surface area contributed by atoms with Gasteiger partial charge in [-0.2, -0.15) is 0 Å². The number of amides is 1. The molecule has 0 aliphatic heterocycles. The maximum Gasteiger partial charge on any atom is 0.232 e. The van der Waals surface area contributed by atoms with E-state index in [0.29, 0.717) is 28.9 Å². The van der Waals surface area contributed by atoms with E-state index in [2.05, 4.69) is 10.0 Å². The predicted octanol–water partition coefficient (Wildman–Crippen LogP) is 4.00. The predicted molar refractivity (Wildman–Crippen MR) is 102 cm³/mol. The lowest BCUT2D eigenvalue weighted by Gasteiger charge is -2.14. The van der Waals surface area contributed by atoms with E-state index in [1.54, 1.807) is 32.0 Å². The number of nitrogens with one attached hydrogen (secondary N) is 2. The zero-order valence-electron chi connectivity index (χ0n) is 15.2. The summed E-state index contributed by atoms with van der Waals surface area (Å²) in [6, 6.07) is 8.46. The van der Waals surface area contributed by atoms with Crippen molar-refractivity contribution in [3.05, 3.63) is 59.2 Å². The molecule has 0 aromatic heterocycles. The van der Waals surface area contributed by atoms with Crippen LogP contribution in [0.15, 0.2) is 36.4 Å². The Bertz CT molecular complexity index is 931. The van der Waals surface area contributed by atoms with Crippen molar-refractivity contribution in [3.63, 3.8) is 0 Å². The minimum absolute atomic E-state index is 0.0112. The van der Waals surface area contributed by atoms with Crippen molar-refractivity contribution in [2.24, 2.45) is 0 Å². The molecule has 0 fully saturated rings. The molecule has 2 aromatic rings. The van der Waals surface area contributed by atoms with Gasteiger partial charge in [0.15, 0.2) is 11.6 Å². The van der Waals surface area contributed by atoms with Crippen LogP contribution in [0.2, 0.25) is 0 Å². The van der Waals surface area contributed by atoms with Gasteiger partial charge in [0.2, 0.25) is 15.9 Å². The molecule has 146 valence electrons. The van der Waals surface area contributed by atoms with Gasteiger partial charge in [-0.3, -0.25) is 9.52 Å². The normalized spacial score (nSPS) is 11.3. The third-order valence-corrected chi connectivity index (χ3v) is 5.45. The Morgan fingerprint density at radius 1 is 1.07 bits per heavy atom. The average Bonchev–Trinajstić information content (AvgIpc) is 2.59. The molecule has 0 heterocycles. The Morgan fingerprint density at radius 3 is 2.44 bits per heavy atom. The summed E-state index contributed by atoms with van der Waals surface area (Å²) in [6.45, 7) is 3.48. The molecule has 0 atom stereocenters. The van der Waals surface area contributed by atoms with Gasteiger partial charge in [0, 0.05) is 12.1 Å². The number of anilines is 2. The Morgan fingerprint density at radius 2 is 1.78 bits per heavy atom. The van der Waals surface area contributed by atoms with Gasteiger partial charge in [-0.05, 0) is 55.2 Å². The second-order valence-corrected chi connectivity index (χ2v) is 8.04. The average molecular weight is 396 g/mol. The summed E-state index contributed by atoms with van der Waals surface area (Å²) < 4.78 is 52.5.